The molecule has 0 aliphatic heterocycles. The van der Waals surface area contributed by atoms with Crippen LogP contribution in [0.5, 0.6) is 0 Å². The Labute approximate surface area is 125 Å². The number of nitrogens with zero attached hydrogens (tertiary/aromatic N) is 1. The molecule has 1 aliphatic carbocycles. The van der Waals surface area contributed by atoms with E-state index in [1.807, 2.05) is 0 Å². The van der Waals surface area contributed by atoms with E-state index in [9.17, 15) is 0 Å². The Balaban J connectivity index is 2.08. The zero-order chi connectivity index (χ0) is 14.1. The van der Waals surface area contributed by atoms with E-state index in [0.29, 0.717) is 0 Å². The summed E-state index contributed by atoms with van der Waals surface area (Å²) >= 11 is 0. The van der Waals surface area contributed by atoms with Crippen LogP contribution in [-0.2, 0) is 6.42 Å². The Morgan fingerprint density at radius 2 is 1.62 bits per heavy atom. The highest BCUT2D eigenvalue weighted by atomic mass is 15.0. The predicted octanol–water partition coefficient (Wildman–Crippen LogP) is 5.37. The van der Waals surface area contributed by atoms with Gasteiger partial charge < -0.3 is 4.57 Å². The summed E-state index contributed by atoms with van der Waals surface area (Å²) in [5.41, 5.74) is 5.44. The number of aromatic nitrogens is 1. The molecule has 0 unspecified atom stereocenters. The Bertz CT molecular complexity index is 793. The van der Waals surface area contributed by atoms with Gasteiger partial charge in [0.05, 0.1) is 5.52 Å². The maximum atomic E-state index is 2.41. The van der Waals surface area contributed by atoms with Gasteiger partial charge in [-0.05, 0) is 55.5 Å². The number of rotatable bonds is 1. The molecule has 1 heteroatoms. The Morgan fingerprint density at radius 1 is 0.810 bits per heavy atom. The van der Waals surface area contributed by atoms with Crippen LogP contribution in [0.1, 0.15) is 30.5 Å². The fourth-order valence-corrected chi connectivity index (χ4v) is 3.38. The van der Waals surface area contributed by atoms with Crippen LogP contribution in [-0.4, -0.2) is 4.57 Å². The lowest BCUT2D eigenvalue weighted by Crippen LogP contribution is -1.99. The van der Waals surface area contributed by atoms with E-state index in [4.69, 9.17) is 0 Å². The highest BCUT2D eigenvalue weighted by Gasteiger charge is 2.16. The molecule has 1 aromatic heterocycles. The lowest BCUT2D eigenvalue weighted by atomic mass is 10.0. The Morgan fingerprint density at radius 3 is 2.52 bits per heavy atom. The summed E-state index contributed by atoms with van der Waals surface area (Å²) < 4.78 is 2.41. The van der Waals surface area contributed by atoms with Crippen molar-refractivity contribution in [3.63, 3.8) is 0 Å². The van der Waals surface area contributed by atoms with Crippen molar-refractivity contribution in [2.45, 2.75) is 25.7 Å². The summed E-state index contributed by atoms with van der Waals surface area (Å²) in [5, 5.41) is 1.41. The molecule has 21 heavy (non-hydrogen) atoms. The first kappa shape index (κ1) is 12.5. The minimum atomic E-state index is 1.18. The molecule has 2 aromatic carbocycles. The van der Waals surface area contributed by atoms with Gasteiger partial charge in [-0.25, -0.2) is 0 Å². The zero-order valence-corrected chi connectivity index (χ0v) is 12.1. The van der Waals surface area contributed by atoms with Crippen LogP contribution in [0.3, 0.4) is 0 Å². The van der Waals surface area contributed by atoms with Crippen molar-refractivity contribution >= 4 is 17.0 Å². The van der Waals surface area contributed by atoms with Gasteiger partial charge in [0.15, 0.2) is 0 Å². The molecule has 104 valence electrons. The first-order valence-electron chi connectivity index (χ1n) is 7.79. The minimum Gasteiger partial charge on any atom is -0.310 e. The van der Waals surface area contributed by atoms with E-state index in [0.717, 1.165) is 0 Å². The first-order chi connectivity index (χ1) is 10.4. The fourth-order valence-electron chi connectivity index (χ4n) is 3.38. The summed E-state index contributed by atoms with van der Waals surface area (Å²) in [6.07, 6.45) is 9.59. The lowest BCUT2D eigenvalue weighted by molar-refractivity contribution is 0.744. The van der Waals surface area contributed by atoms with Crippen LogP contribution < -0.4 is 0 Å². The second-order valence-corrected chi connectivity index (χ2v) is 5.70. The molecule has 0 atom stereocenters. The molecule has 4 rings (SSSR count). The number of para-hydroxylation sites is 2. The summed E-state index contributed by atoms with van der Waals surface area (Å²) in [5.74, 6) is 0. The molecular formula is C20H19N. The SMILES string of the molecule is C1=C\c2c(c3ccccc3n2-c2ccccc2)CCCC/1. The maximum absolute atomic E-state index is 2.41. The molecule has 1 nitrogen and oxygen atoms in total. The highest BCUT2D eigenvalue weighted by Crippen LogP contribution is 2.32. The van der Waals surface area contributed by atoms with Crippen molar-refractivity contribution in [2.75, 3.05) is 0 Å². The van der Waals surface area contributed by atoms with Gasteiger partial charge in [-0.2, -0.15) is 0 Å². The normalized spacial score (nSPS) is 16.2. The summed E-state index contributed by atoms with van der Waals surface area (Å²) in [4.78, 5) is 0. The van der Waals surface area contributed by atoms with Gasteiger partial charge in [0.25, 0.3) is 0 Å². The molecule has 0 saturated heterocycles. The van der Waals surface area contributed by atoms with Crippen molar-refractivity contribution in [1.82, 2.24) is 4.57 Å². The molecule has 0 saturated carbocycles. The van der Waals surface area contributed by atoms with E-state index in [1.54, 1.807) is 0 Å². The smallest absolute Gasteiger partial charge is 0.0537 e. The number of fused-ring (bicyclic) bond motifs is 3. The number of allylic oxidation sites excluding steroid dienone is 1. The largest absolute Gasteiger partial charge is 0.310 e. The standard InChI is InChI=1S/C20H19N/c1-2-7-14-19-17(12-6-1)18-13-8-9-15-20(18)21(19)16-10-4-3-5-11-16/h3-5,7-11,13-15H,1-2,6,12H2/b14-7-. The molecule has 1 aliphatic rings. The molecule has 0 spiro atoms. The third kappa shape index (κ3) is 2.09. The predicted molar refractivity (Wildman–Crippen MR) is 89.9 cm³/mol. The quantitative estimate of drug-likeness (QED) is 0.561. The Kier molecular flexibility index (Phi) is 3.11. The van der Waals surface area contributed by atoms with Gasteiger partial charge >= 0.3 is 0 Å². The second kappa shape index (κ2) is 5.25. The summed E-state index contributed by atoms with van der Waals surface area (Å²) in [6.45, 7) is 0. The van der Waals surface area contributed by atoms with E-state index in [1.165, 1.54) is 53.5 Å². The third-order valence-electron chi connectivity index (χ3n) is 4.36. The molecule has 1 heterocycles. The molecule has 0 amide bonds. The van der Waals surface area contributed by atoms with Gasteiger partial charge in [-0.15, -0.1) is 0 Å². The van der Waals surface area contributed by atoms with Crippen molar-refractivity contribution in [3.05, 3.63) is 71.9 Å². The molecular weight excluding hydrogens is 254 g/mol. The van der Waals surface area contributed by atoms with Crippen molar-refractivity contribution < 1.29 is 0 Å². The van der Waals surface area contributed by atoms with Crippen LogP contribution in [0.25, 0.3) is 22.7 Å². The minimum absolute atomic E-state index is 1.18. The van der Waals surface area contributed by atoms with Crippen LogP contribution >= 0.6 is 0 Å². The molecule has 0 radical (unpaired) electrons. The summed E-state index contributed by atoms with van der Waals surface area (Å²) in [7, 11) is 0. The lowest BCUT2D eigenvalue weighted by Gasteiger charge is -2.11. The number of benzene rings is 2. The van der Waals surface area contributed by atoms with E-state index >= 15 is 0 Å². The Hall–Kier alpha value is -2.28. The molecule has 0 fully saturated rings. The average Bonchev–Trinajstić information content (AvgIpc) is 2.81. The van der Waals surface area contributed by atoms with Crippen molar-refractivity contribution in [2.24, 2.45) is 0 Å². The van der Waals surface area contributed by atoms with E-state index in [2.05, 4.69) is 71.3 Å². The molecule has 0 N–H and O–H groups in total. The van der Waals surface area contributed by atoms with E-state index < -0.39 is 0 Å². The fraction of sp³-hybridized carbons (Fsp3) is 0.200. The monoisotopic (exact) mass is 273 g/mol. The van der Waals surface area contributed by atoms with Gasteiger partial charge in [0.2, 0.25) is 0 Å². The number of hydrogen-bond acceptors (Lipinski definition) is 0. The molecule has 0 bridgehead atoms. The first-order valence-corrected chi connectivity index (χ1v) is 7.79. The zero-order valence-electron chi connectivity index (χ0n) is 12.1. The average molecular weight is 273 g/mol. The van der Waals surface area contributed by atoms with Gasteiger partial charge in [0.1, 0.15) is 0 Å². The number of aryl methyl sites for hydroxylation is 1. The van der Waals surface area contributed by atoms with E-state index in [-0.39, 0.29) is 0 Å². The van der Waals surface area contributed by atoms with Crippen molar-refractivity contribution in [3.8, 4) is 5.69 Å². The van der Waals surface area contributed by atoms with Crippen LogP contribution in [0.4, 0.5) is 0 Å². The van der Waals surface area contributed by atoms with Gasteiger partial charge in [-0.1, -0.05) is 42.5 Å². The highest BCUT2D eigenvalue weighted by molar-refractivity contribution is 5.90. The second-order valence-electron chi connectivity index (χ2n) is 5.70. The third-order valence-corrected chi connectivity index (χ3v) is 4.36. The van der Waals surface area contributed by atoms with Crippen LogP contribution in [0.2, 0.25) is 0 Å². The van der Waals surface area contributed by atoms with Crippen LogP contribution in [0, 0.1) is 0 Å². The van der Waals surface area contributed by atoms with Gasteiger partial charge in [-0.3, -0.25) is 0 Å². The van der Waals surface area contributed by atoms with Crippen LogP contribution in [0.15, 0.2) is 60.7 Å². The summed E-state index contributed by atoms with van der Waals surface area (Å²) in [6, 6.07) is 19.5. The number of hydrogen-bond donors (Lipinski definition) is 0. The van der Waals surface area contributed by atoms with Gasteiger partial charge in [0, 0.05) is 16.8 Å². The maximum Gasteiger partial charge on any atom is 0.0537 e. The molecule has 3 aromatic rings. The topological polar surface area (TPSA) is 4.93 Å². The van der Waals surface area contributed by atoms with Crippen molar-refractivity contribution in [1.29, 1.82) is 0 Å².